The molecule has 3 rings (SSSR count). The van der Waals surface area contributed by atoms with Gasteiger partial charge in [0.15, 0.2) is 10.6 Å². The van der Waals surface area contributed by atoms with Gasteiger partial charge in [0.25, 0.3) is 0 Å². The number of β-amino-alcohol motifs (C(OH)–C–C–N with tert-alkyl or cyclic N) is 1. The first kappa shape index (κ1) is 15.3. The number of hydrogen-bond acceptors (Lipinski definition) is 4. The minimum Gasteiger partial charge on any atom is -0.392 e. The van der Waals surface area contributed by atoms with Gasteiger partial charge in [0.1, 0.15) is 5.82 Å². The molecule has 1 saturated heterocycles. The third-order valence-corrected chi connectivity index (χ3v) is 4.45. The molecule has 7 heteroatoms. The summed E-state index contributed by atoms with van der Waals surface area (Å²) in [5.74, 6) is 0.201. The van der Waals surface area contributed by atoms with Crippen molar-refractivity contribution in [3.63, 3.8) is 0 Å². The second-order valence-corrected chi connectivity index (χ2v) is 6.02. The van der Waals surface area contributed by atoms with E-state index in [9.17, 15) is 9.50 Å². The Labute approximate surface area is 133 Å². The summed E-state index contributed by atoms with van der Waals surface area (Å²) in [6, 6.07) is 6.54. The summed E-state index contributed by atoms with van der Waals surface area (Å²) in [5.41, 5.74) is 0.438. The van der Waals surface area contributed by atoms with Gasteiger partial charge in [-0.25, -0.2) is 9.07 Å². The van der Waals surface area contributed by atoms with Gasteiger partial charge in [0.2, 0.25) is 0 Å². The third-order valence-electron chi connectivity index (χ3n) is 3.97. The van der Waals surface area contributed by atoms with Gasteiger partial charge in [0, 0.05) is 20.1 Å². The molecule has 0 bridgehead atoms. The zero-order chi connectivity index (χ0) is 15.7. The van der Waals surface area contributed by atoms with Crippen LogP contribution in [-0.2, 0) is 13.7 Å². The molecule has 1 fully saturated rings. The largest absolute Gasteiger partial charge is 0.392 e. The van der Waals surface area contributed by atoms with Crippen LogP contribution in [0.5, 0.6) is 0 Å². The number of piperidine rings is 1. The molecule has 1 aliphatic rings. The highest BCUT2D eigenvalue weighted by molar-refractivity contribution is 7.71. The lowest BCUT2D eigenvalue weighted by atomic mass is 10.1. The minimum absolute atomic E-state index is 0.294. The van der Waals surface area contributed by atoms with E-state index in [0.717, 1.165) is 19.4 Å². The lowest BCUT2D eigenvalue weighted by Gasteiger charge is -2.29. The van der Waals surface area contributed by atoms with E-state index in [2.05, 4.69) is 10.00 Å². The van der Waals surface area contributed by atoms with Crippen molar-refractivity contribution in [2.24, 2.45) is 7.05 Å². The Kier molecular flexibility index (Phi) is 4.37. The van der Waals surface area contributed by atoms with E-state index in [1.807, 2.05) is 0 Å². The number of hydrogen-bond donors (Lipinski definition) is 1. The highest BCUT2D eigenvalue weighted by atomic mass is 32.1. The monoisotopic (exact) mass is 322 g/mol. The van der Waals surface area contributed by atoms with E-state index in [1.54, 1.807) is 34.5 Å². The van der Waals surface area contributed by atoms with Crippen LogP contribution in [0.4, 0.5) is 4.39 Å². The highest BCUT2D eigenvalue weighted by Crippen LogP contribution is 2.21. The van der Waals surface area contributed by atoms with Crippen LogP contribution in [0.15, 0.2) is 24.3 Å². The molecule has 1 aliphatic heterocycles. The summed E-state index contributed by atoms with van der Waals surface area (Å²) in [7, 11) is 1.79. The number of likely N-dealkylation sites (tertiary alicyclic amines) is 1. The number of nitrogens with zero attached hydrogens (tertiary/aromatic N) is 4. The topological polar surface area (TPSA) is 46.2 Å². The number of aromatic nitrogens is 3. The number of rotatable bonds is 3. The van der Waals surface area contributed by atoms with E-state index in [-0.39, 0.29) is 11.9 Å². The molecule has 22 heavy (non-hydrogen) atoms. The van der Waals surface area contributed by atoms with Crippen LogP contribution in [0.3, 0.4) is 0 Å². The van der Waals surface area contributed by atoms with Gasteiger partial charge in [-0.15, -0.1) is 0 Å². The van der Waals surface area contributed by atoms with Gasteiger partial charge in [-0.05, 0) is 37.2 Å². The molecular formula is C15H19FN4OS. The maximum absolute atomic E-state index is 14.0. The summed E-state index contributed by atoms with van der Waals surface area (Å²) in [6.07, 6.45) is 1.50. The quantitative estimate of drug-likeness (QED) is 0.880. The van der Waals surface area contributed by atoms with Crippen molar-refractivity contribution in [3.05, 3.63) is 34.9 Å². The molecule has 0 amide bonds. The Balaban J connectivity index is 1.90. The smallest absolute Gasteiger partial charge is 0.199 e. The van der Waals surface area contributed by atoms with Crippen LogP contribution >= 0.6 is 12.2 Å². The molecule has 2 aromatic rings. The first-order valence-corrected chi connectivity index (χ1v) is 7.76. The lowest BCUT2D eigenvalue weighted by molar-refractivity contribution is 0.0513. The van der Waals surface area contributed by atoms with Crippen molar-refractivity contribution in [1.82, 2.24) is 19.2 Å². The molecule has 5 nitrogen and oxygen atoms in total. The molecule has 1 N–H and O–H groups in total. The maximum Gasteiger partial charge on any atom is 0.199 e. The number of halogens is 1. The number of aliphatic hydroxyl groups is 1. The van der Waals surface area contributed by atoms with Crippen molar-refractivity contribution >= 4 is 12.2 Å². The van der Waals surface area contributed by atoms with Crippen molar-refractivity contribution in [2.45, 2.75) is 25.6 Å². The average molecular weight is 322 g/mol. The van der Waals surface area contributed by atoms with Crippen LogP contribution in [0.25, 0.3) is 11.4 Å². The van der Waals surface area contributed by atoms with Gasteiger partial charge in [-0.2, -0.15) is 5.10 Å². The normalized spacial score (nSPS) is 19.5. The van der Waals surface area contributed by atoms with Crippen molar-refractivity contribution in [1.29, 1.82) is 0 Å². The van der Waals surface area contributed by atoms with E-state index in [1.165, 1.54) is 6.07 Å². The Bertz CT molecular complexity index is 727. The van der Waals surface area contributed by atoms with Gasteiger partial charge in [0.05, 0.1) is 18.3 Å². The van der Waals surface area contributed by atoms with Gasteiger partial charge in [-0.1, -0.05) is 12.1 Å². The Hall–Kier alpha value is -1.57. The Morgan fingerprint density at radius 2 is 2.18 bits per heavy atom. The van der Waals surface area contributed by atoms with Crippen LogP contribution in [0.2, 0.25) is 0 Å². The Morgan fingerprint density at radius 3 is 2.91 bits per heavy atom. The number of aliphatic hydroxyl groups excluding tert-OH is 1. The Morgan fingerprint density at radius 1 is 1.41 bits per heavy atom. The molecule has 118 valence electrons. The minimum atomic E-state index is -0.314. The van der Waals surface area contributed by atoms with E-state index in [4.69, 9.17) is 12.2 Å². The van der Waals surface area contributed by atoms with Crippen LogP contribution in [0.1, 0.15) is 12.8 Å². The van der Waals surface area contributed by atoms with Crippen molar-refractivity contribution in [3.8, 4) is 11.4 Å². The van der Waals surface area contributed by atoms with E-state index < -0.39 is 0 Å². The fraction of sp³-hybridized carbons (Fsp3) is 0.467. The molecule has 1 atom stereocenters. The molecule has 1 aromatic carbocycles. The van der Waals surface area contributed by atoms with E-state index in [0.29, 0.717) is 29.4 Å². The van der Waals surface area contributed by atoms with Crippen LogP contribution in [-0.4, -0.2) is 43.5 Å². The molecule has 2 heterocycles. The summed E-state index contributed by atoms with van der Waals surface area (Å²) in [4.78, 5) is 2.11. The molecule has 0 radical (unpaired) electrons. The predicted molar refractivity (Wildman–Crippen MR) is 84.2 cm³/mol. The summed E-state index contributed by atoms with van der Waals surface area (Å²) in [6.45, 7) is 2.04. The summed E-state index contributed by atoms with van der Waals surface area (Å²) in [5, 5.41) is 14.2. The standard InChI is InChI=1S/C15H19FN4OS/c1-18-14(12-6-2-3-7-13(12)16)17-20(15(18)22)10-19-8-4-5-11(21)9-19/h2-3,6-7,11,21H,4-5,8-10H2,1H3/t11-/m0/s1. The van der Waals surface area contributed by atoms with Crippen LogP contribution < -0.4 is 0 Å². The van der Waals surface area contributed by atoms with Crippen molar-refractivity contribution in [2.75, 3.05) is 13.1 Å². The van der Waals surface area contributed by atoms with Gasteiger partial charge >= 0.3 is 0 Å². The fourth-order valence-electron chi connectivity index (χ4n) is 2.81. The van der Waals surface area contributed by atoms with Gasteiger partial charge in [-0.3, -0.25) is 4.90 Å². The van der Waals surface area contributed by atoms with Crippen LogP contribution in [0, 0.1) is 10.6 Å². The first-order valence-electron chi connectivity index (χ1n) is 7.35. The predicted octanol–water partition coefficient (Wildman–Crippen LogP) is 2.17. The zero-order valence-corrected chi connectivity index (χ0v) is 13.3. The number of benzene rings is 1. The summed E-state index contributed by atoms with van der Waals surface area (Å²) >= 11 is 5.41. The molecular weight excluding hydrogens is 303 g/mol. The fourth-order valence-corrected chi connectivity index (χ4v) is 2.99. The SMILES string of the molecule is Cn1c(-c2ccccc2F)nn(CN2CCC[C@H](O)C2)c1=S. The molecule has 0 aliphatic carbocycles. The van der Waals surface area contributed by atoms with Crippen molar-refractivity contribution < 1.29 is 9.50 Å². The molecule has 0 unspecified atom stereocenters. The zero-order valence-electron chi connectivity index (χ0n) is 12.4. The summed E-state index contributed by atoms with van der Waals surface area (Å²) < 4.78 is 17.9. The van der Waals surface area contributed by atoms with Gasteiger partial charge < -0.3 is 9.67 Å². The lowest BCUT2D eigenvalue weighted by Crippen LogP contribution is -2.39. The third kappa shape index (κ3) is 2.97. The highest BCUT2D eigenvalue weighted by Gasteiger charge is 2.20. The molecule has 0 spiro atoms. The molecule has 1 aromatic heterocycles. The second-order valence-electron chi connectivity index (χ2n) is 5.66. The molecule has 0 saturated carbocycles. The average Bonchev–Trinajstić information content (AvgIpc) is 2.76. The first-order chi connectivity index (χ1) is 10.6. The second kappa shape index (κ2) is 6.28. The van der Waals surface area contributed by atoms with E-state index >= 15 is 0 Å². The maximum atomic E-state index is 14.0.